The minimum Gasteiger partial charge on any atom is -0.357 e. The lowest BCUT2D eigenvalue weighted by atomic mass is 10.1. The smallest absolute Gasteiger partial charge is 0.191 e. The average Bonchev–Trinajstić information content (AvgIpc) is 2.60. The van der Waals surface area contributed by atoms with Crippen molar-refractivity contribution in [3.8, 4) is 0 Å². The molecular formula is C20H25F2N3O2S. The summed E-state index contributed by atoms with van der Waals surface area (Å²) >= 11 is 0. The molecule has 0 radical (unpaired) electrons. The number of rotatable bonds is 8. The number of nitrogens with zero attached hydrogens (tertiary/aromatic N) is 1. The van der Waals surface area contributed by atoms with Crippen LogP contribution in [0.1, 0.15) is 18.1 Å². The minimum atomic E-state index is -3.19. The van der Waals surface area contributed by atoms with Crippen LogP contribution in [0.3, 0.4) is 0 Å². The van der Waals surface area contributed by atoms with E-state index in [0.717, 1.165) is 11.6 Å². The van der Waals surface area contributed by atoms with Crippen LogP contribution in [0, 0.1) is 11.6 Å². The van der Waals surface area contributed by atoms with Gasteiger partial charge >= 0.3 is 0 Å². The van der Waals surface area contributed by atoms with Crippen molar-refractivity contribution < 1.29 is 17.2 Å². The summed E-state index contributed by atoms with van der Waals surface area (Å²) in [5.41, 5.74) is 1.56. The normalized spacial score (nSPS) is 12.1. The predicted molar refractivity (Wildman–Crippen MR) is 107 cm³/mol. The zero-order valence-electron chi connectivity index (χ0n) is 16.0. The summed E-state index contributed by atoms with van der Waals surface area (Å²) in [4.78, 5) is 4.77. The van der Waals surface area contributed by atoms with Crippen molar-refractivity contribution in [2.75, 3.05) is 25.9 Å². The zero-order valence-corrected chi connectivity index (χ0v) is 16.8. The molecule has 0 bridgehead atoms. The molecule has 0 aliphatic carbocycles. The molecule has 2 N–H and O–H groups in total. The van der Waals surface area contributed by atoms with Gasteiger partial charge in [-0.05, 0) is 55.2 Å². The SMILES string of the molecule is CCNC(=NCCc1ccc(S(C)(=O)=O)cc1)NCCc1cc(F)cc(F)c1. The van der Waals surface area contributed by atoms with Gasteiger partial charge in [0.15, 0.2) is 15.8 Å². The minimum absolute atomic E-state index is 0.295. The number of aliphatic imine (C=N–C) groups is 1. The van der Waals surface area contributed by atoms with Crippen LogP contribution in [0.4, 0.5) is 8.78 Å². The van der Waals surface area contributed by atoms with E-state index < -0.39 is 21.5 Å². The largest absolute Gasteiger partial charge is 0.357 e. The molecular weight excluding hydrogens is 384 g/mol. The molecule has 0 saturated heterocycles. The van der Waals surface area contributed by atoms with Gasteiger partial charge in [-0.3, -0.25) is 4.99 Å². The molecule has 0 amide bonds. The van der Waals surface area contributed by atoms with Crippen LogP contribution in [0.2, 0.25) is 0 Å². The lowest BCUT2D eigenvalue weighted by Gasteiger charge is -2.11. The second kappa shape index (κ2) is 10.2. The quantitative estimate of drug-likeness (QED) is 0.520. The molecule has 2 aromatic rings. The number of hydrogen-bond acceptors (Lipinski definition) is 3. The van der Waals surface area contributed by atoms with Gasteiger partial charge in [0.25, 0.3) is 0 Å². The second-order valence-electron chi connectivity index (χ2n) is 6.38. The molecule has 0 unspecified atom stereocenters. The lowest BCUT2D eigenvalue weighted by molar-refractivity contribution is 0.579. The van der Waals surface area contributed by atoms with E-state index in [2.05, 4.69) is 15.6 Å². The van der Waals surface area contributed by atoms with Gasteiger partial charge in [-0.25, -0.2) is 17.2 Å². The fourth-order valence-corrected chi connectivity index (χ4v) is 3.25. The van der Waals surface area contributed by atoms with Crippen LogP contribution in [0.25, 0.3) is 0 Å². The summed E-state index contributed by atoms with van der Waals surface area (Å²) in [6.07, 6.45) is 2.31. The highest BCUT2D eigenvalue weighted by Crippen LogP contribution is 2.11. The third kappa shape index (κ3) is 7.26. The van der Waals surface area contributed by atoms with E-state index in [0.29, 0.717) is 48.9 Å². The Labute approximate surface area is 164 Å². The molecule has 0 aliphatic heterocycles. The topological polar surface area (TPSA) is 70.6 Å². The summed E-state index contributed by atoms with van der Waals surface area (Å²) < 4.78 is 49.4. The van der Waals surface area contributed by atoms with Crippen molar-refractivity contribution in [3.63, 3.8) is 0 Å². The van der Waals surface area contributed by atoms with Crippen LogP contribution in [0.15, 0.2) is 52.4 Å². The van der Waals surface area contributed by atoms with Gasteiger partial charge in [-0.2, -0.15) is 0 Å². The number of hydrogen-bond donors (Lipinski definition) is 2. The third-order valence-corrected chi connectivity index (χ3v) is 5.12. The zero-order chi connectivity index (χ0) is 20.6. The first-order chi connectivity index (χ1) is 13.3. The van der Waals surface area contributed by atoms with E-state index >= 15 is 0 Å². The monoisotopic (exact) mass is 409 g/mol. The summed E-state index contributed by atoms with van der Waals surface area (Å²) in [5, 5.41) is 6.26. The summed E-state index contributed by atoms with van der Waals surface area (Å²) in [6.45, 7) is 3.63. The fourth-order valence-electron chi connectivity index (χ4n) is 2.62. The predicted octanol–water partition coefficient (Wildman–Crippen LogP) is 2.71. The first-order valence-electron chi connectivity index (χ1n) is 9.04. The molecule has 2 aromatic carbocycles. The van der Waals surface area contributed by atoms with Crippen LogP contribution >= 0.6 is 0 Å². The summed E-state index contributed by atoms with van der Waals surface area (Å²) in [6, 6.07) is 10.2. The van der Waals surface area contributed by atoms with Gasteiger partial charge in [-0.1, -0.05) is 12.1 Å². The van der Waals surface area contributed by atoms with E-state index in [9.17, 15) is 17.2 Å². The maximum absolute atomic E-state index is 13.2. The highest BCUT2D eigenvalue weighted by atomic mass is 32.2. The molecule has 5 nitrogen and oxygen atoms in total. The van der Waals surface area contributed by atoms with Crippen LogP contribution < -0.4 is 10.6 Å². The van der Waals surface area contributed by atoms with Crippen molar-refractivity contribution in [2.24, 2.45) is 4.99 Å². The van der Waals surface area contributed by atoms with E-state index in [4.69, 9.17) is 0 Å². The van der Waals surface area contributed by atoms with Crippen molar-refractivity contribution >= 4 is 15.8 Å². The first-order valence-corrected chi connectivity index (χ1v) is 10.9. The molecule has 0 spiro atoms. The third-order valence-electron chi connectivity index (χ3n) is 3.99. The van der Waals surface area contributed by atoms with E-state index in [-0.39, 0.29) is 0 Å². The Hall–Kier alpha value is -2.48. The van der Waals surface area contributed by atoms with Gasteiger partial charge in [0.05, 0.1) is 4.90 Å². The number of halogens is 2. The standard InChI is InChI=1S/C20H25F2N3O2S/c1-3-23-20(25-11-9-16-12-17(21)14-18(22)13-16)24-10-8-15-4-6-19(7-5-15)28(2,26)27/h4-7,12-14H,3,8-11H2,1-2H3,(H2,23,24,25). The molecule has 8 heteroatoms. The lowest BCUT2D eigenvalue weighted by Crippen LogP contribution is -2.38. The molecule has 2 rings (SSSR count). The molecule has 152 valence electrons. The number of guanidine groups is 1. The number of sulfone groups is 1. The molecule has 0 fully saturated rings. The van der Waals surface area contributed by atoms with Gasteiger partial charge in [0.1, 0.15) is 11.6 Å². The first kappa shape index (κ1) is 21.8. The van der Waals surface area contributed by atoms with Crippen molar-refractivity contribution in [1.82, 2.24) is 10.6 Å². The van der Waals surface area contributed by atoms with Gasteiger partial charge in [0, 0.05) is 32.0 Å². The second-order valence-corrected chi connectivity index (χ2v) is 8.40. The molecule has 0 heterocycles. The van der Waals surface area contributed by atoms with E-state index in [1.807, 2.05) is 6.92 Å². The van der Waals surface area contributed by atoms with E-state index in [1.165, 1.54) is 18.4 Å². The van der Waals surface area contributed by atoms with Gasteiger partial charge in [-0.15, -0.1) is 0 Å². The maximum atomic E-state index is 13.2. The molecule has 0 aliphatic rings. The maximum Gasteiger partial charge on any atom is 0.191 e. The molecule has 0 saturated carbocycles. The van der Waals surface area contributed by atoms with Crippen LogP contribution in [0.5, 0.6) is 0 Å². The Morgan fingerprint density at radius 2 is 1.61 bits per heavy atom. The number of nitrogens with one attached hydrogen (secondary N) is 2. The molecule has 0 atom stereocenters. The Balaban J connectivity index is 1.87. The Morgan fingerprint density at radius 3 is 2.18 bits per heavy atom. The Morgan fingerprint density at radius 1 is 0.964 bits per heavy atom. The van der Waals surface area contributed by atoms with Crippen LogP contribution in [-0.2, 0) is 22.7 Å². The van der Waals surface area contributed by atoms with Gasteiger partial charge < -0.3 is 10.6 Å². The Bertz CT molecular complexity index is 893. The summed E-state index contributed by atoms with van der Waals surface area (Å²) in [7, 11) is -3.19. The van der Waals surface area contributed by atoms with Crippen molar-refractivity contribution in [3.05, 3.63) is 65.2 Å². The highest BCUT2D eigenvalue weighted by molar-refractivity contribution is 7.90. The van der Waals surface area contributed by atoms with Crippen molar-refractivity contribution in [1.29, 1.82) is 0 Å². The van der Waals surface area contributed by atoms with E-state index in [1.54, 1.807) is 24.3 Å². The Kier molecular flexibility index (Phi) is 7.92. The van der Waals surface area contributed by atoms with Crippen LogP contribution in [-0.4, -0.2) is 40.3 Å². The number of benzene rings is 2. The summed E-state index contributed by atoms with van der Waals surface area (Å²) in [5.74, 6) is -0.554. The van der Waals surface area contributed by atoms with Crippen molar-refractivity contribution in [2.45, 2.75) is 24.7 Å². The molecule has 28 heavy (non-hydrogen) atoms. The average molecular weight is 410 g/mol. The molecule has 0 aromatic heterocycles. The fraction of sp³-hybridized carbons (Fsp3) is 0.350. The van der Waals surface area contributed by atoms with Gasteiger partial charge in [0.2, 0.25) is 0 Å². The highest BCUT2D eigenvalue weighted by Gasteiger charge is 2.06.